The largest absolute Gasteiger partial charge is 0.308 e. The summed E-state index contributed by atoms with van der Waals surface area (Å²) in [6.45, 7) is 5.49. The van der Waals surface area contributed by atoms with Crippen molar-refractivity contribution in [2.45, 2.75) is 26.9 Å². The summed E-state index contributed by atoms with van der Waals surface area (Å²) in [7, 11) is 1.96. The molecule has 0 spiro atoms. The Morgan fingerprint density at radius 1 is 1.11 bits per heavy atom. The summed E-state index contributed by atoms with van der Waals surface area (Å²) >= 11 is 12.3. The Hall–Kier alpha value is -1.03. The minimum Gasteiger partial charge on any atom is -0.308 e. The highest BCUT2D eigenvalue weighted by Crippen LogP contribution is 2.24. The Morgan fingerprint density at radius 3 is 2.21 bits per heavy atom. The molecule has 0 aliphatic rings. The molecule has 2 aromatic rings. The van der Waals surface area contributed by atoms with E-state index in [2.05, 4.69) is 17.3 Å². The summed E-state index contributed by atoms with van der Waals surface area (Å²) < 4.78 is 1.90. The van der Waals surface area contributed by atoms with Crippen LogP contribution in [0.25, 0.3) is 0 Å². The molecule has 5 heteroatoms. The molecule has 0 radical (unpaired) electrons. The van der Waals surface area contributed by atoms with Crippen molar-refractivity contribution >= 4 is 23.2 Å². The van der Waals surface area contributed by atoms with Crippen LogP contribution < -0.4 is 5.32 Å². The van der Waals surface area contributed by atoms with E-state index < -0.39 is 0 Å². The van der Waals surface area contributed by atoms with Crippen LogP contribution in [0, 0.1) is 13.8 Å². The predicted octanol–water partition coefficient (Wildman–Crippen LogP) is 3.63. The van der Waals surface area contributed by atoms with Crippen LogP contribution in [0.1, 0.15) is 22.5 Å². The number of aromatic nitrogens is 2. The molecule has 1 N–H and O–H groups in total. The first kappa shape index (κ1) is 14.4. The zero-order chi connectivity index (χ0) is 14.0. The van der Waals surface area contributed by atoms with E-state index in [1.165, 1.54) is 11.3 Å². The van der Waals surface area contributed by atoms with Gasteiger partial charge in [-0.1, -0.05) is 29.3 Å². The van der Waals surface area contributed by atoms with Gasteiger partial charge in [0, 0.05) is 47.0 Å². The molecule has 0 fully saturated rings. The SMILES string of the molecule is Cc1nn(C)c(C)c1CNCc1c(Cl)cccc1Cl. The lowest BCUT2D eigenvalue weighted by Gasteiger charge is -2.09. The van der Waals surface area contributed by atoms with Crippen LogP contribution in [0.5, 0.6) is 0 Å². The zero-order valence-corrected chi connectivity index (χ0v) is 12.8. The molecule has 3 nitrogen and oxygen atoms in total. The zero-order valence-electron chi connectivity index (χ0n) is 11.3. The van der Waals surface area contributed by atoms with Gasteiger partial charge in [0.15, 0.2) is 0 Å². The fraction of sp³-hybridized carbons (Fsp3) is 0.357. The molecular weight excluding hydrogens is 281 g/mol. The van der Waals surface area contributed by atoms with Gasteiger partial charge in [0.1, 0.15) is 0 Å². The summed E-state index contributed by atoms with van der Waals surface area (Å²) in [6, 6.07) is 5.56. The predicted molar refractivity (Wildman–Crippen MR) is 79.7 cm³/mol. The number of halogens is 2. The van der Waals surface area contributed by atoms with Gasteiger partial charge in [-0.25, -0.2) is 0 Å². The van der Waals surface area contributed by atoms with Gasteiger partial charge in [0.25, 0.3) is 0 Å². The minimum atomic E-state index is 0.645. The maximum Gasteiger partial charge on any atom is 0.0641 e. The number of nitrogens with one attached hydrogen (secondary N) is 1. The summed E-state index contributed by atoms with van der Waals surface area (Å²) in [5.74, 6) is 0. The standard InChI is InChI=1S/C14H17Cl2N3/c1-9-11(10(2)19(3)18-9)7-17-8-12-13(15)5-4-6-14(12)16/h4-6,17H,7-8H2,1-3H3. The maximum absolute atomic E-state index is 6.14. The minimum absolute atomic E-state index is 0.645. The van der Waals surface area contributed by atoms with Gasteiger partial charge in [-0.05, 0) is 26.0 Å². The third-order valence-corrected chi connectivity index (χ3v) is 4.03. The number of benzene rings is 1. The van der Waals surface area contributed by atoms with Crippen molar-refractivity contribution in [1.82, 2.24) is 15.1 Å². The molecule has 0 aliphatic carbocycles. The van der Waals surface area contributed by atoms with Crippen molar-refractivity contribution in [2.75, 3.05) is 0 Å². The highest BCUT2D eigenvalue weighted by atomic mass is 35.5. The first-order valence-corrected chi connectivity index (χ1v) is 6.89. The average molecular weight is 298 g/mol. The van der Waals surface area contributed by atoms with Crippen LogP contribution in [-0.4, -0.2) is 9.78 Å². The average Bonchev–Trinajstić information content (AvgIpc) is 2.59. The van der Waals surface area contributed by atoms with Crippen molar-refractivity contribution in [1.29, 1.82) is 0 Å². The van der Waals surface area contributed by atoms with Gasteiger partial charge in [0.05, 0.1) is 5.69 Å². The third kappa shape index (κ3) is 3.11. The molecule has 0 bridgehead atoms. The van der Waals surface area contributed by atoms with E-state index in [0.717, 1.165) is 17.8 Å². The molecule has 0 aliphatic heterocycles. The number of hydrogen-bond acceptors (Lipinski definition) is 2. The molecule has 0 atom stereocenters. The van der Waals surface area contributed by atoms with Crippen LogP contribution in [-0.2, 0) is 20.1 Å². The molecule has 1 aromatic carbocycles. The Bertz CT molecular complexity index is 570. The smallest absolute Gasteiger partial charge is 0.0641 e. The fourth-order valence-corrected chi connectivity index (χ4v) is 2.62. The number of aryl methyl sites for hydroxylation is 2. The highest BCUT2D eigenvalue weighted by molar-refractivity contribution is 6.35. The van der Waals surface area contributed by atoms with Crippen LogP contribution in [0.15, 0.2) is 18.2 Å². The summed E-state index contributed by atoms with van der Waals surface area (Å²) in [5, 5.41) is 9.16. The molecule has 0 unspecified atom stereocenters. The molecule has 0 saturated heterocycles. The third-order valence-electron chi connectivity index (χ3n) is 3.32. The van der Waals surface area contributed by atoms with Crippen molar-refractivity contribution < 1.29 is 0 Å². The molecule has 102 valence electrons. The molecule has 19 heavy (non-hydrogen) atoms. The number of rotatable bonds is 4. The van der Waals surface area contributed by atoms with Gasteiger partial charge < -0.3 is 5.32 Å². The Kier molecular flexibility index (Phi) is 4.50. The Balaban J connectivity index is 2.04. The van der Waals surface area contributed by atoms with E-state index in [4.69, 9.17) is 23.2 Å². The van der Waals surface area contributed by atoms with Gasteiger partial charge in [-0.15, -0.1) is 0 Å². The molecule has 2 rings (SSSR count). The van der Waals surface area contributed by atoms with Crippen molar-refractivity contribution in [3.63, 3.8) is 0 Å². The summed E-state index contributed by atoms with van der Waals surface area (Å²) in [5.41, 5.74) is 4.39. The van der Waals surface area contributed by atoms with Gasteiger partial charge in [-0.3, -0.25) is 4.68 Å². The van der Waals surface area contributed by atoms with E-state index in [9.17, 15) is 0 Å². The van der Waals surface area contributed by atoms with Crippen molar-refractivity contribution in [3.8, 4) is 0 Å². The van der Waals surface area contributed by atoms with Crippen molar-refractivity contribution in [3.05, 3.63) is 50.8 Å². The van der Waals surface area contributed by atoms with Crippen molar-refractivity contribution in [2.24, 2.45) is 7.05 Å². The summed E-state index contributed by atoms with van der Waals surface area (Å²) in [4.78, 5) is 0. The molecule has 0 saturated carbocycles. The van der Waals surface area contributed by atoms with Crippen LogP contribution in [0.2, 0.25) is 10.0 Å². The molecular formula is C14H17Cl2N3. The highest BCUT2D eigenvalue weighted by Gasteiger charge is 2.10. The van der Waals surface area contributed by atoms with E-state index in [-0.39, 0.29) is 0 Å². The van der Waals surface area contributed by atoms with E-state index >= 15 is 0 Å². The lowest BCUT2D eigenvalue weighted by atomic mass is 10.2. The van der Waals surface area contributed by atoms with Gasteiger partial charge >= 0.3 is 0 Å². The second-order valence-electron chi connectivity index (χ2n) is 4.58. The first-order chi connectivity index (χ1) is 9.00. The van der Waals surface area contributed by atoms with Crippen LogP contribution in [0.3, 0.4) is 0 Å². The lowest BCUT2D eigenvalue weighted by Crippen LogP contribution is -2.14. The number of nitrogens with zero attached hydrogens (tertiary/aromatic N) is 2. The lowest BCUT2D eigenvalue weighted by molar-refractivity contribution is 0.684. The normalized spacial score (nSPS) is 11.0. The summed E-state index contributed by atoms with van der Waals surface area (Å²) in [6.07, 6.45) is 0. The van der Waals surface area contributed by atoms with Crippen LogP contribution in [0.4, 0.5) is 0 Å². The monoisotopic (exact) mass is 297 g/mol. The Labute approximate surface area is 123 Å². The topological polar surface area (TPSA) is 29.9 Å². The second kappa shape index (κ2) is 5.95. The van der Waals surface area contributed by atoms with Crippen LogP contribution >= 0.6 is 23.2 Å². The molecule has 1 heterocycles. The fourth-order valence-electron chi connectivity index (χ4n) is 2.09. The number of hydrogen-bond donors (Lipinski definition) is 1. The maximum atomic E-state index is 6.14. The molecule has 1 aromatic heterocycles. The first-order valence-electron chi connectivity index (χ1n) is 6.13. The van der Waals surface area contributed by atoms with E-state index in [1.807, 2.05) is 36.9 Å². The quantitative estimate of drug-likeness (QED) is 0.934. The molecule has 0 amide bonds. The van der Waals surface area contributed by atoms with Gasteiger partial charge in [0.2, 0.25) is 0 Å². The van der Waals surface area contributed by atoms with E-state index in [1.54, 1.807) is 0 Å². The van der Waals surface area contributed by atoms with Gasteiger partial charge in [-0.2, -0.15) is 5.10 Å². The Morgan fingerprint density at radius 2 is 1.68 bits per heavy atom. The second-order valence-corrected chi connectivity index (χ2v) is 5.39. The van der Waals surface area contributed by atoms with E-state index in [0.29, 0.717) is 16.6 Å².